The highest BCUT2D eigenvalue weighted by Crippen LogP contribution is 2.25. The molecule has 2 N–H and O–H groups in total. The van der Waals surface area contributed by atoms with Gasteiger partial charge in [-0.25, -0.2) is 0 Å². The molecule has 0 aromatic carbocycles. The number of nitrogens with one attached hydrogen (secondary N) is 2. The molecule has 1 rings (SSSR count). The summed E-state index contributed by atoms with van der Waals surface area (Å²) in [7, 11) is 0. The van der Waals surface area contributed by atoms with E-state index in [9.17, 15) is 4.79 Å². The van der Waals surface area contributed by atoms with E-state index in [1.165, 1.54) is 23.1 Å². The normalized spacial score (nSPS) is 10.2. The van der Waals surface area contributed by atoms with Crippen molar-refractivity contribution in [3.63, 3.8) is 0 Å². The number of nitrogens with zero attached hydrogens (tertiary/aromatic N) is 3. The Balaban J connectivity index is 2.26. The molecule has 0 fully saturated rings. The van der Waals surface area contributed by atoms with Gasteiger partial charge in [-0.05, 0) is 5.92 Å². The van der Waals surface area contributed by atoms with Gasteiger partial charge in [-0.15, -0.1) is 10.2 Å². The number of amides is 1. The summed E-state index contributed by atoms with van der Waals surface area (Å²) < 4.78 is 0.765. The van der Waals surface area contributed by atoms with Gasteiger partial charge < -0.3 is 10.6 Å². The van der Waals surface area contributed by atoms with Crippen LogP contribution in [0.25, 0.3) is 0 Å². The quantitative estimate of drug-likeness (QED) is 0.561. The Morgan fingerprint density at radius 1 is 1.53 bits per heavy atom. The number of thioether (sulfide) groups is 1. The van der Waals surface area contributed by atoms with Gasteiger partial charge in [-0.2, -0.15) is 5.26 Å². The molecule has 0 bridgehead atoms. The summed E-state index contributed by atoms with van der Waals surface area (Å²) in [6.07, 6.45) is 0.332. The van der Waals surface area contributed by atoms with E-state index < -0.39 is 0 Å². The van der Waals surface area contributed by atoms with E-state index in [0.29, 0.717) is 24.6 Å². The Morgan fingerprint density at radius 3 is 3.00 bits per heavy atom. The van der Waals surface area contributed by atoms with E-state index in [1.54, 1.807) is 0 Å². The van der Waals surface area contributed by atoms with Crippen LogP contribution in [0.1, 0.15) is 20.3 Å². The Hall–Kier alpha value is -1.33. The van der Waals surface area contributed by atoms with Gasteiger partial charge in [0.15, 0.2) is 4.34 Å². The van der Waals surface area contributed by atoms with E-state index in [1.807, 2.05) is 6.07 Å². The maximum atomic E-state index is 11.4. The molecule has 1 aromatic rings. The fourth-order valence-corrected chi connectivity index (χ4v) is 2.66. The molecule has 0 spiro atoms. The molecule has 6 nitrogen and oxygen atoms in total. The summed E-state index contributed by atoms with van der Waals surface area (Å²) in [5.41, 5.74) is 0. The summed E-state index contributed by atoms with van der Waals surface area (Å²) in [6.45, 7) is 5.49. The number of rotatable bonds is 8. The lowest BCUT2D eigenvalue weighted by Crippen LogP contribution is -2.25. The van der Waals surface area contributed by atoms with Crippen molar-refractivity contribution in [1.82, 2.24) is 15.5 Å². The van der Waals surface area contributed by atoms with Gasteiger partial charge in [-0.1, -0.05) is 36.9 Å². The molecular weight excluding hydrogens is 282 g/mol. The predicted octanol–water partition coefficient (Wildman–Crippen LogP) is 1.73. The van der Waals surface area contributed by atoms with Crippen LogP contribution in [0.3, 0.4) is 0 Å². The lowest BCUT2D eigenvalue weighted by atomic mass is 10.2. The average molecular weight is 299 g/mol. The van der Waals surface area contributed by atoms with E-state index >= 15 is 0 Å². The van der Waals surface area contributed by atoms with E-state index in [0.717, 1.165) is 16.0 Å². The molecule has 0 radical (unpaired) electrons. The lowest BCUT2D eigenvalue weighted by Gasteiger charge is -2.03. The third kappa shape index (κ3) is 6.98. The highest BCUT2D eigenvalue weighted by Gasteiger charge is 2.08. The van der Waals surface area contributed by atoms with Crippen molar-refractivity contribution in [2.45, 2.75) is 24.6 Å². The van der Waals surface area contributed by atoms with Crippen molar-refractivity contribution in [3.05, 3.63) is 0 Å². The molecule has 1 aromatic heterocycles. The van der Waals surface area contributed by atoms with Gasteiger partial charge in [0.2, 0.25) is 11.0 Å². The van der Waals surface area contributed by atoms with Gasteiger partial charge >= 0.3 is 0 Å². The molecule has 1 heterocycles. The van der Waals surface area contributed by atoms with E-state index in [4.69, 9.17) is 5.26 Å². The molecule has 0 aliphatic rings. The van der Waals surface area contributed by atoms with Gasteiger partial charge in [0.25, 0.3) is 0 Å². The van der Waals surface area contributed by atoms with Crippen LogP contribution in [0.15, 0.2) is 4.34 Å². The van der Waals surface area contributed by atoms with Gasteiger partial charge in [0.1, 0.15) is 0 Å². The minimum Gasteiger partial charge on any atom is -0.360 e. The van der Waals surface area contributed by atoms with Crippen molar-refractivity contribution < 1.29 is 4.79 Å². The van der Waals surface area contributed by atoms with Crippen LogP contribution in [0.5, 0.6) is 0 Å². The number of carbonyl (C=O) groups is 1. The number of hydrogen-bond donors (Lipinski definition) is 2. The van der Waals surface area contributed by atoms with Crippen molar-refractivity contribution >= 4 is 34.1 Å². The molecule has 0 aliphatic heterocycles. The van der Waals surface area contributed by atoms with Gasteiger partial charge in [-0.3, -0.25) is 4.79 Å². The number of hydrogen-bond acceptors (Lipinski definition) is 7. The standard InChI is InChI=1S/C11H17N5OS2/c1-8(2)6-14-10-15-16-11(19-10)18-7-9(17)13-5-3-4-12/h8H,3,5-7H2,1-2H3,(H,13,17)(H,14,15). The van der Waals surface area contributed by atoms with Crippen molar-refractivity contribution in [1.29, 1.82) is 5.26 Å². The maximum absolute atomic E-state index is 11.4. The minimum absolute atomic E-state index is 0.0906. The molecule has 0 atom stereocenters. The smallest absolute Gasteiger partial charge is 0.230 e. The van der Waals surface area contributed by atoms with Gasteiger partial charge in [0.05, 0.1) is 18.2 Å². The van der Waals surface area contributed by atoms with Crippen LogP contribution in [0, 0.1) is 17.2 Å². The summed E-state index contributed by atoms with van der Waals surface area (Å²) >= 11 is 2.79. The van der Waals surface area contributed by atoms with Crippen LogP contribution >= 0.6 is 23.1 Å². The van der Waals surface area contributed by atoms with Crippen molar-refractivity contribution in [3.8, 4) is 6.07 Å². The van der Waals surface area contributed by atoms with E-state index in [-0.39, 0.29) is 5.91 Å². The second-order valence-corrected chi connectivity index (χ2v) is 6.39. The first-order valence-electron chi connectivity index (χ1n) is 5.95. The predicted molar refractivity (Wildman–Crippen MR) is 77.2 cm³/mol. The SMILES string of the molecule is CC(C)CNc1nnc(SCC(=O)NCCC#N)s1. The Morgan fingerprint density at radius 2 is 2.32 bits per heavy atom. The summed E-state index contributed by atoms with van der Waals surface area (Å²) in [5.74, 6) is 0.752. The first-order chi connectivity index (χ1) is 9.11. The molecule has 0 saturated heterocycles. The van der Waals surface area contributed by atoms with Crippen LogP contribution in [0.2, 0.25) is 0 Å². The number of carbonyl (C=O) groups excluding carboxylic acids is 1. The highest BCUT2D eigenvalue weighted by atomic mass is 32.2. The molecule has 8 heteroatoms. The molecule has 0 unspecified atom stereocenters. The average Bonchev–Trinajstić information content (AvgIpc) is 2.82. The Bertz CT molecular complexity index is 441. The zero-order chi connectivity index (χ0) is 14.1. The summed E-state index contributed by atoms with van der Waals surface area (Å²) in [4.78, 5) is 11.4. The molecule has 0 aliphatic carbocycles. The number of anilines is 1. The molecule has 104 valence electrons. The third-order valence-electron chi connectivity index (χ3n) is 1.95. The van der Waals surface area contributed by atoms with Crippen LogP contribution < -0.4 is 10.6 Å². The van der Waals surface area contributed by atoms with Crippen LogP contribution in [-0.4, -0.2) is 34.9 Å². The molecule has 0 saturated carbocycles. The fraction of sp³-hybridized carbons (Fsp3) is 0.636. The van der Waals surface area contributed by atoms with Crippen molar-refractivity contribution in [2.24, 2.45) is 5.92 Å². The Labute approximate surface area is 121 Å². The van der Waals surface area contributed by atoms with E-state index in [2.05, 4.69) is 34.7 Å². The van der Waals surface area contributed by atoms with Crippen molar-refractivity contribution in [2.75, 3.05) is 24.2 Å². The minimum atomic E-state index is -0.0906. The number of aromatic nitrogens is 2. The highest BCUT2D eigenvalue weighted by molar-refractivity contribution is 8.01. The second-order valence-electron chi connectivity index (χ2n) is 4.19. The second kappa shape index (κ2) is 8.72. The number of nitriles is 1. The largest absolute Gasteiger partial charge is 0.360 e. The zero-order valence-electron chi connectivity index (χ0n) is 11.0. The summed E-state index contributed by atoms with van der Waals surface area (Å²) in [5, 5.41) is 23.0. The molecular formula is C11H17N5OS2. The Kier molecular flexibility index (Phi) is 7.22. The lowest BCUT2D eigenvalue weighted by molar-refractivity contribution is -0.118. The molecule has 1 amide bonds. The fourth-order valence-electron chi connectivity index (χ4n) is 1.07. The summed E-state index contributed by atoms with van der Waals surface area (Å²) in [6, 6.07) is 1.97. The zero-order valence-corrected chi connectivity index (χ0v) is 12.6. The third-order valence-corrected chi connectivity index (χ3v) is 3.97. The van der Waals surface area contributed by atoms with Crippen LogP contribution in [0.4, 0.5) is 5.13 Å². The monoisotopic (exact) mass is 299 g/mol. The van der Waals surface area contributed by atoms with Crippen LogP contribution in [-0.2, 0) is 4.79 Å². The maximum Gasteiger partial charge on any atom is 0.230 e. The first kappa shape index (κ1) is 15.7. The first-order valence-corrected chi connectivity index (χ1v) is 7.76. The molecule has 19 heavy (non-hydrogen) atoms. The topological polar surface area (TPSA) is 90.7 Å². The van der Waals surface area contributed by atoms with Gasteiger partial charge in [0, 0.05) is 13.1 Å².